The van der Waals surface area contributed by atoms with Gasteiger partial charge < -0.3 is 19.5 Å². The van der Waals surface area contributed by atoms with E-state index in [9.17, 15) is 0 Å². The van der Waals surface area contributed by atoms with E-state index in [-0.39, 0.29) is 0 Å². The van der Waals surface area contributed by atoms with Gasteiger partial charge in [0, 0.05) is 20.2 Å². The van der Waals surface area contributed by atoms with Crippen molar-refractivity contribution in [2.24, 2.45) is 0 Å². The van der Waals surface area contributed by atoms with Gasteiger partial charge in [-0.2, -0.15) is 0 Å². The smallest absolute Gasteiger partial charge is 0.488 e. The van der Waals surface area contributed by atoms with Crippen molar-refractivity contribution in [3.63, 3.8) is 0 Å². The minimum atomic E-state index is -1.46. The Bertz CT molecular complexity index is 362. The van der Waals surface area contributed by atoms with Crippen LogP contribution in [0, 0.1) is 0 Å². The van der Waals surface area contributed by atoms with Gasteiger partial charge in [0.1, 0.15) is 12.4 Å². The molecular weight excluding hydrogens is 245 g/mol. The highest BCUT2D eigenvalue weighted by Gasteiger charge is 2.11. The van der Waals surface area contributed by atoms with Crippen LogP contribution in [0.3, 0.4) is 0 Å². The molecule has 0 atom stereocenters. The first-order valence-corrected chi connectivity index (χ1v) is 6.47. The zero-order valence-corrected chi connectivity index (χ0v) is 11.6. The predicted molar refractivity (Wildman–Crippen MR) is 75.8 cm³/mol. The molecule has 0 aliphatic rings. The number of ether oxygens (including phenoxy) is 2. The number of hydrogen-bond acceptors (Lipinski definition) is 5. The molecule has 1 aromatic carbocycles. The Balaban J connectivity index is 2.37. The average molecular weight is 267 g/mol. The zero-order valence-electron chi connectivity index (χ0n) is 11.6. The first kappa shape index (κ1) is 16.0. The summed E-state index contributed by atoms with van der Waals surface area (Å²) >= 11 is 0. The predicted octanol–water partition coefficient (Wildman–Crippen LogP) is -0.286. The summed E-state index contributed by atoms with van der Waals surface area (Å²) in [5.74, 6) is 0.647. The van der Waals surface area contributed by atoms with Crippen LogP contribution in [0.2, 0.25) is 0 Å². The van der Waals surface area contributed by atoms with Gasteiger partial charge in [0.25, 0.3) is 0 Å². The summed E-state index contributed by atoms with van der Waals surface area (Å²) in [7, 11) is 0.230. The number of hydrogen-bond donors (Lipinski definition) is 2. The standard InChI is InChI=1S/C13H22BNO4/c1-3-15(7-9-18-2)8-10-19-13-6-4-5-12(11-13)14(16)17/h4-6,11,16-17H,3,7-10H2,1-2H3. The van der Waals surface area contributed by atoms with Gasteiger partial charge in [0.15, 0.2) is 0 Å². The fourth-order valence-corrected chi connectivity index (χ4v) is 1.71. The lowest BCUT2D eigenvalue weighted by Crippen LogP contribution is -2.32. The molecule has 6 heteroatoms. The highest BCUT2D eigenvalue weighted by Crippen LogP contribution is 2.07. The van der Waals surface area contributed by atoms with Crippen LogP contribution in [0.1, 0.15) is 6.92 Å². The first-order valence-electron chi connectivity index (χ1n) is 6.47. The van der Waals surface area contributed by atoms with Crippen LogP contribution < -0.4 is 10.2 Å². The molecule has 0 aliphatic carbocycles. The van der Waals surface area contributed by atoms with E-state index < -0.39 is 7.12 Å². The number of nitrogens with zero attached hydrogens (tertiary/aromatic N) is 1. The van der Waals surface area contributed by atoms with Crippen LogP contribution in [0.15, 0.2) is 24.3 Å². The second kappa shape index (κ2) is 8.93. The Morgan fingerprint density at radius 2 is 1.95 bits per heavy atom. The Morgan fingerprint density at radius 3 is 2.58 bits per heavy atom. The normalized spacial score (nSPS) is 10.8. The van der Waals surface area contributed by atoms with E-state index in [1.54, 1.807) is 31.4 Å². The van der Waals surface area contributed by atoms with E-state index >= 15 is 0 Å². The lowest BCUT2D eigenvalue weighted by Gasteiger charge is -2.20. The van der Waals surface area contributed by atoms with Gasteiger partial charge in [-0.05, 0) is 24.1 Å². The van der Waals surface area contributed by atoms with Crippen molar-refractivity contribution in [1.29, 1.82) is 0 Å². The van der Waals surface area contributed by atoms with Crippen LogP contribution in [-0.4, -0.2) is 62.0 Å². The third-order valence-corrected chi connectivity index (χ3v) is 2.89. The highest BCUT2D eigenvalue weighted by molar-refractivity contribution is 6.58. The summed E-state index contributed by atoms with van der Waals surface area (Å²) in [4.78, 5) is 2.23. The molecule has 0 unspecified atom stereocenters. The van der Waals surface area contributed by atoms with Crippen molar-refractivity contribution < 1.29 is 19.5 Å². The van der Waals surface area contributed by atoms with E-state index in [4.69, 9.17) is 19.5 Å². The third kappa shape index (κ3) is 6.07. The zero-order chi connectivity index (χ0) is 14.1. The molecule has 0 aliphatic heterocycles. The van der Waals surface area contributed by atoms with Crippen molar-refractivity contribution >= 4 is 12.6 Å². The Morgan fingerprint density at radius 1 is 1.21 bits per heavy atom. The number of rotatable bonds is 9. The van der Waals surface area contributed by atoms with Crippen molar-refractivity contribution in [2.45, 2.75) is 6.92 Å². The first-order chi connectivity index (χ1) is 9.17. The summed E-state index contributed by atoms with van der Waals surface area (Å²) < 4.78 is 10.6. The molecule has 5 nitrogen and oxygen atoms in total. The monoisotopic (exact) mass is 267 g/mol. The van der Waals surface area contributed by atoms with Crippen molar-refractivity contribution in [3.05, 3.63) is 24.3 Å². The number of benzene rings is 1. The Hall–Kier alpha value is -1.08. The van der Waals surface area contributed by atoms with Crippen LogP contribution >= 0.6 is 0 Å². The molecule has 1 rings (SSSR count). The molecule has 1 aromatic rings. The molecular formula is C13H22BNO4. The van der Waals surface area contributed by atoms with E-state index in [1.165, 1.54) is 0 Å². The van der Waals surface area contributed by atoms with Gasteiger partial charge in [0.2, 0.25) is 0 Å². The van der Waals surface area contributed by atoms with E-state index in [0.29, 0.717) is 24.4 Å². The molecule has 0 fully saturated rings. The Kier molecular flexibility index (Phi) is 7.51. The molecule has 2 N–H and O–H groups in total. The minimum Gasteiger partial charge on any atom is -0.492 e. The molecule has 0 amide bonds. The van der Waals surface area contributed by atoms with Crippen molar-refractivity contribution in [1.82, 2.24) is 4.90 Å². The molecule has 19 heavy (non-hydrogen) atoms. The van der Waals surface area contributed by atoms with Gasteiger partial charge in [-0.15, -0.1) is 0 Å². The SMILES string of the molecule is CCN(CCOC)CCOc1cccc(B(O)O)c1. The molecule has 0 saturated carbocycles. The fourth-order valence-electron chi connectivity index (χ4n) is 1.71. The van der Waals surface area contributed by atoms with Gasteiger partial charge in [0.05, 0.1) is 6.61 Å². The van der Waals surface area contributed by atoms with E-state index in [2.05, 4.69) is 11.8 Å². The highest BCUT2D eigenvalue weighted by atomic mass is 16.5. The second-order valence-corrected chi connectivity index (χ2v) is 4.22. The number of methoxy groups -OCH3 is 1. The maximum absolute atomic E-state index is 9.07. The molecule has 106 valence electrons. The van der Waals surface area contributed by atoms with Gasteiger partial charge in [-0.1, -0.05) is 19.1 Å². The molecule has 0 bridgehead atoms. The fraction of sp³-hybridized carbons (Fsp3) is 0.538. The second-order valence-electron chi connectivity index (χ2n) is 4.22. The average Bonchev–Trinajstić information content (AvgIpc) is 2.43. The van der Waals surface area contributed by atoms with Crippen molar-refractivity contribution in [2.75, 3.05) is 40.0 Å². The topological polar surface area (TPSA) is 62.2 Å². The molecule has 0 spiro atoms. The maximum Gasteiger partial charge on any atom is 0.488 e. The lowest BCUT2D eigenvalue weighted by atomic mass is 9.80. The third-order valence-electron chi connectivity index (χ3n) is 2.89. The summed E-state index contributed by atoms with van der Waals surface area (Å²) in [5, 5.41) is 18.1. The number of likely N-dealkylation sites (N-methyl/N-ethyl adjacent to an activating group) is 1. The van der Waals surface area contributed by atoms with E-state index in [1.807, 2.05) is 0 Å². The minimum absolute atomic E-state index is 0.434. The summed E-state index contributed by atoms with van der Waals surface area (Å²) in [6.07, 6.45) is 0. The van der Waals surface area contributed by atoms with Gasteiger partial charge in [-0.25, -0.2) is 0 Å². The van der Waals surface area contributed by atoms with Gasteiger partial charge in [-0.3, -0.25) is 4.90 Å². The molecule has 0 radical (unpaired) electrons. The van der Waals surface area contributed by atoms with Crippen LogP contribution in [-0.2, 0) is 4.74 Å². The molecule has 0 heterocycles. The molecule has 0 saturated heterocycles. The van der Waals surface area contributed by atoms with Crippen LogP contribution in [0.4, 0.5) is 0 Å². The quantitative estimate of drug-likeness (QED) is 0.602. The van der Waals surface area contributed by atoms with Crippen LogP contribution in [0.25, 0.3) is 0 Å². The Labute approximate surface area is 114 Å². The van der Waals surface area contributed by atoms with Crippen molar-refractivity contribution in [3.8, 4) is 5.75 Å². The van der Waals surface area contributed by atoms with Crippen LogP contribution in [0.5, 0.6) is 5.75 Å². The summed E-state index contributed by atoms with van der Waals surface area (Å²) in [6.45, 7) is 6.00. The van der Waals surface area contributed by atoms with Gasteiger partial charge >= 0.3 is 7.12 Å². The largest absolute Gasteiger partial charge is 0.492 e. The lowest BCUT2D eigenvalue weighted by molar-refractivity contribution is 0.138. The molecule has 0 aromatic heterocycles. The summed E-state index contributed by atoms with van der Waals surface area (Å²) in [5.41, 5.74) is 0.434. The maximum atomic E-state index is 9.07. The summed E-state index contributed by atoms with van der Waals surface area (Å²) in [6, 6.07) is 6.83. The van der Waals surface area contributed by atoms with E-state index in [0.717, 1.165) is 19.6 Å².